The summed E-state index contributed by atoms with van der Waals surface area (Å²) in [5, 5.41) is 8.79. The molecule has 18 heavy (non-hydrogen) atoms. The van der Waals surface area contributed by atoms with Crippen LogP contribution in [0, 0.1) is 17.2 Å². The number of allylic oxidation sites excluding steroid dienone is 1. The van der Waals surface area contributed by atoms with Crippen molar-refractivity contribution in [2.45, 2.75) is 6.92 Å². The Balaban J connectivity index is 2.72. The Labute approximate surface area is 105 Å². The minimum Gasteiger partial charge on any atom is -0.465 e. The van der Waals surface area contributed by atoms with Gasteiger partial charge in [-0.1, -0.05) is 36.4 Å². The molecule has 1 unspecified atom stereocenters. The number of nitrogens with zero attached hydrogens (tertiary/aromatic N) is 1. The maximum absolute atomic E-state index is 11.7. The van der Waals surface area contributed by atoms with Crippen molar-refractivity contribution in [1.29, 1.82) is 5.26 Å². The minimum absolute atomic E-state index is 0.146. The van der Waals surface area contributed by atoms with E-state index in [1.807, 2.05) is 30.3 Å². The molecule has 1 rings (SSSR count). The molecule has 0 spiro atoms. The highest BCUT2D eigenvalue weighted by molar-refractivity contribution is 6.08. The van der Waals surface area contributed by atoms with Gasteiger partial charge >= 0.3 is 5.97 Å². The lowest BCUT2D eigenvalue weighted by Gasteiger charge is -2.04. The number of carbonyl (C=O) groups is 2. The molecule has 0 fully saturated rings. The zero-order valence-electron chi connectivity index (χ0n) is 10.00. The first kappa shape index (κ1) is 13.7. The number of hydrogen-bond donors (Lipinski definition) is 0. The molecule has 92 valence electrons. The van der Waals surface area contributed by atoms with E-state index in [1.54, 1.807) is 19.1 Å². The molecular weight excluding hydrogens is 230 g/mol. The highest BCUT2D eigenvalue weighted by Crippen LogP contribution is 2.06. The van der Waals surface area contributed by atoms with Gasteiger partial charge in [0.1, 0.15) is 0 Å². The summed E-state index contributed by atoms with van der Waals surface area (Å²) in [6.45, 7) is 1.77. The first-order chi connectivity index (χ1) is 8.69. The molecule has 0 bridgehead atoms. The van der Waals surface area contributed by atoms with Crippen molar-refractivity contribution in [3.05, 3.63) is 42.0 Å². The summed E-state index contributed by atoms with van der Waals surface area (Å²) < 4.78 is 4.65. The maximum Gasteiger partial charge on any atom is 0.331 e. The van der Waals surface area contributed by atoms with Crippen LogP contribution >= 0.6 is 0 Å². The van der Waals surface area contributed by atoms with Crippen molar-refractivity contribution in [3.8, 4) is 6.07 Å². The van der Waals surface area contributed by atoms with Crippen molar-refractivity contribution < 1.29 is 14.3 Å². The Bertz CT molecular complexity index is 486. The van der Waals surface area contributed by atoms with Gasteiger partial charge < -0.3 is 4.74 Å². The molecule has 0 aliphatic carbocycles. The summed E-state index contributed by atoms with van der Waals surface area (Å²) in [7, 11) is 0. The van der Waals surface area contributed by atoms with E-state index < -0.39 is 17.7 Å². The molecule has 1 atom stereocenters. The van der Waals surface area contributed by atoms with Crippen molar-refractivity contribution in [2.24, 2.45) is 5.92 Å². The maximum atomic E-state index is 11.7. The summed E-state index contributed by atoms with van der Waals surface area (Å²) >= 11 is 0. The Morgan fingerprint density at radius 2 is 2.06 bits per heavy atom. The summed E-state index contributed by atoms with van der Waals surface area (Å²) in [5.74, 6) is -2.76. The molecule has 0 aromatic heterocycles. The molecule has 1 aromatic carbocycles. The lowest BCUT2D eigenvalue weighted by molar-refractivity contribution is -0.148. The summed E-state index contributed by atoms with van der Waals surface area (Å²) in [6.07, 6.45) is 2.78. The smallest absolute Gasteiger partial charge is 0.331 e. The molecule has 1 aromatic rings. The second-order valence-corrected chi connectivity index (χ2v) is 3.46. The van der Waals surface area contributed by atoms with Gasteiger partial charge in [-0.2, -0.15) is 5.26 Å². The summed E-state index contributed by atoms with van der Waals surface area (Å²) in [6, 6.07) is 10.8. The number of ketones is 1. The first-order valence-corrected chi connectivity index (χ1v) is 5.52. The molecule has 0 amide bonds. The Morgan fingerprint density at radius 3 is 2.61 bits per heavy atom. The van der Waals surface area contributed by atoms with E-state index in [2.05, 4.69) is 4.74 Å². The van der Waals surface area contributed by atoms with Crippen LogP contribution in [0.3, 0.4) is 0 Å². The van der Waals surface area contributed by atoms with Gasteiger partial charge in [0.2, 0.25) is 5.92 Å². The lowest BCUT2D eigenvalue weighted by atomic mass is 10.0. The third-order valence-electron chi connectivity index (χ3n) is 2.18. The van der Waals surface area contributed by atoms with Crippen molar-refractivity contribution in [2.75, 3.05) is 6.61 Å². The number of hydrogen-bond acceptors (Lipinski definition) is 4. The van der Waals surface area contributed by atoms with Gasteiger partial charge in [-0.25, -0.2) is 0 Å². The van der Waals surface area contributed by atoms with Crippen molar-refractivity contribution >= 4 is 17.8 Å². The van der Waals surface area contributed by atoms with Crippen LogP contribution < -0.4 is 0 Å². The van der Waals surface area contributed by atoms with Crippen LogP contribution in [0.1, 0.15) is 12.5 Å². The van der Waals surface area contributed by atoms with Crippen molar-refractivity contribution in [1.82, 2.24) is 0 Å². The van der Waals surface area contributed by atoms with E-state index in [4.69, 9.17) is 5.26 Å². The lowest BCUT2D eigenvalue weighted by Crippen LogP contribution is -2.23. The molecule has 4 heteroatoms. The molecule has 0 radical (unpaired) electrons. The largest absolute Gasteiger partial charge is 0.465 e. The Hall–Kier alpha value is -2.41. The molecule has 0 saturated carbocycles. The van der Waals surface area contributed by atoms with E-state index in [0.717, 1.165) is 5.56 Å². The zero-order valence-corrected chi connectivity index (χ0v) is 10.00. The molecule has 0 N–H and O–H groups in total. The van der Waals surface area contributed by atoms with Crippen LogP contribution in [-0.4, -0.2) is 18.4 Å². The highest BCUT2D eigenvalue weighted by Gasteiger charge is 2.25. The average molecular weight is 243 g/mol. The van der Waals surface area contributed by atoms with Gasteiger partial charge in [-0.05, 0) is 18.6 Å². The van der Waals surface area contributed by atoms with Crippen LogP contribution in [0.4, 0.5) is 0 Å². The molecule has 0 saturated heterocycles. The predicted octanol–water partition coefficient (Wildman–Crippen LogP) is 1.97. The van der Waals surface area contributed by atoms with E-state index in [0.29, 0.717) is 0 Å². The second-order valence-electron chi connectivity index (χ2n) is 3.46. The monoisotopic (exact) mass is 243 g/mol. The van der Waals surface area contributed by atoms with Gasteiger partial charge in [0.05, 0.1) is 12.7 Å². The number of nitriles is 1. The van der Waals surface area contributed by atoms with Gasteiger partial charge in [-0.3, -0.25) is 9.59 Å². The van der Waals surface area contributed by atoms with Crippen LogP contribution in [-0.2, 0) is 14.3 Å². The van der Waals surface area contributed by atoms with Gasteiger partial charge in [-0.15, -0.1) is 0 Å². The van der Waals surface area contributed by atoms with E-state index in [1.165, 1.54) is 6.08 Å². The molecule has 0 aliphatic rings. The standard InChI is InChI=1S/C14H13NO3/c1-2-18-14(17)12(10-15)13(16)9-8-11-6-4-3-5-7-11/h3-9,12H,2H2,1H3. The third-order valence-corrected chi connectivity index (χ3v) is 2.18. The quantitative estimate of drug-likeness (QED) is 0.450. The molecule has 4 nitrogen and oxygen atoms in total. The topological polar surface area (TPSA) is 67.2 Å². The van der Waals surface area contributed by atoms with E-state index in [9.17, 15) is 9.59 Å². The van der Waals surface area contributed by atoms with Crippen LogP contribution in [0.2, 0.25) is 0 Å². The fraction of sp³-hybridized carbons (Fsp3) is 0.214. The average Bonchev–Trinajstić information content (AvgIpc) is 2.39. The van der Waals surface area contributed by atoms with Gasteiger partial charge in [0.25, 0.3) is 0 Å². The highest BCUT2D eigenvalue weighted by atomic mass is 16.5. The first-order valence-electron chi connectivity index (χ1n) is 5.52. The fourth-order valence-corrected chi connectivity index (χ4v) is 1.30. The molecular formula is C14H13NO3. The number of carbonyl (C=O) groups excluding carboxylic acids is 2. The number of rotatable bonds is 5. The third kappa shape index (κ3) is 3.87. The van der Waals surface area contributed by atoms with Gasteiger partial charge in [0.15, 0.2) is 5.78 Å². The van der Waals surface area contributed by atoms with E-state index >= 15 is 0 Å². The molecule has 0 heterocycles. The zero-order chi connectivity index (χ0) is 13.4. The van der Waals surface area contributed by atoms with Crippen LogP contribution in [0.5, 0.6) is 0 Å². The van der Waals surface area contributed by atoms with Crippen LogP contribution in [0.25, 0.3) is 6.08 Å². The van der Waals surface area contributed by atoms with Gasteiger partial charge in [0, 0.05) is 0 Å². The minimum atomic E-state index is -1.38. The normalized spacial score (nSPS) is 11.8. The number of benzene rings is 1. The Morgan fingerprint density at radius 1 is 1.39 bits per heavy atom. The predicted molar refractivity (Wildman–Crippen MR) is 66.2 cm³/mol. The Kier molecular flexibility index (Phi) is 5.33. The second kappa shape index (κ2) is 7.02. The SMILES string of the molecule is CCOC(=O)C(C#N)C(=O)C=Cc1ccccc1. The van der Waals surface area contributed by atoms with E-state index in [-0.39, 0.29) is 6.61 Å². The van der Waals surface area contributed by atoms with Crippen LogP contribution in [0.15, 0.2) is 36.4 Å². The summed E-state index contributed by atoms with van der Waals surface area (Å²) in [5.41, 5.74) is 0.825. The molecule has 0 aliphatic heterocycles. The number of ether oxygens (including phenoxy) is 1. The number of esters is 1. The van der Waals surface area contributed by atoms with Crippen molar-refractivity contribution in [3.63, 3.8) is 0 Å². The fourth-order valence-electron chi connectivity index (χ4n) is 1.30. The summed E-state index contributed by atoms with van der Waals surface area (Å²) in [4.78, 5) is 23.0.